The van der Waals surface area contributed by atoms with E-state index in [1.807, 2.05) is 20.8 Å². The molecule has 1 atom stereocenters. The molecule has 1 fully saturated rings. The molecule has 3 rings (SSSR count). The number of hydrogen-bond acceptors (Lipinski definition) is 18. The predicted molar refractivity (Wildman–Crippen MR) is 248 cm³/mol. The van der Waals surface area contributed by atoms with E-state index < -0.39 is 35.3 Å². The van der Waals surface area contributed by atoms with Gasteiger partial charge in [-0.2, -0.15) is 0 Å². The summed E-state index contributed by atoms with van der Waals surface area (Å²) in [4.78, 5) is 77.0. The summed E-state index contributed by atoms with van der Waals surface area (Å²) in [5.74, 6) is -2.74. The molecule has 2 aliphatic heterocycles. The Kier molecular flexibility index (Phi) is 30.7. The van der Waals surface area contributed by atoms with E-state index >= 15 is 0 Å². The van der Waals surface area contributed by atoms with E-state index in [-0.39, 0.29) is 48.1 Å². The molecule has 6 amide bonds. The van der Waals surface area contributed by atoms with Crippen LogP contribution in [0.5, 0.6) is 0 Å². The number of carbonyl (C=O) groups is 6. The van der Waals surface area contributed by atoms with Crippen LogP contribution in [-0.4, -0.2) is 216 Å². The maximum absolute atomic E-state index is 13.2. The van der Waals surface area contributed by atoms with Crippen molar-refractivity contribution in [3.05, 3.63) is 29.3 Å². The van der Waals surface area contributed by atoms with Gasteiger partial charge in [-0.25, -0.2) is 4.79 Å². The topological polar surface area (TPSA) is 244 Å². The Balaban J connectivity index is 0.966. The molecular formula is C47H76N4O18. The van der Waals surface area contributed by atoms with Gasteiger partial charge in [0.25, 0.3) is 11.8 Å². The van der Waals surface area contributed by atoms with Crippen molar-refractivity contribution in [3.63, 3.8) is 0 Å². The fourth-order valence-electron chi connectivity index (χ4n) is 6.43. The monoisotopic (exact) mass is 985 g/mol. The zero-order valence-electron chi connectivity index (χ0n) is 41.1. The van der Waals surface area contributed by atoms with Gasteiger partial charge in [0.2, 0.25) is 17.7 Å². The van der Waals surface area contributed by atoms with Crippen molar-refractivity contribution >= 4 is 41.3 Å². The Hall–Kier alpha value is -4.20. The van der Waals surface area contributed by atoms with E-state index in [1.165, 1.54) is 11.0 Å². The molecule has 0 aliphatic carbocycles. The van der Waals surface area contributed by atoms with Crippen molar-refractivity contribution in [3.8, 4) is 0 Å². The number of unbranched alkanes of at least 4 members (excludes halogenated alkanes) is 2. The molecule has 2 aliphatic rings. The molecule has 1 unspecified atom stereocenters. The minimum Gasteiger partial charge on any atom is -0.444 e. The summed E-state index contributed by atoms with van der Waals surface area (Å²) in [6, 6.07) is 3.52. The predicted octanol–water partition coefficient (Wildman–Crippen LogP) is 2.64. The van der Waals surface area contributed by atoms with Gasteiger partial charge in [-0.15, -0.1) is 0 Å². The first-order valence-electron chi connectivity index (χ1n) is 23.8. The lowest BCUT2D eigenvalue weighted by atomic mass is 10.0. The molecule has 1 aromatic rings. The summed E-state index contributed by atoms with van der Waals surface area (Å²) < 4.78 is 65.9. The molecule has 0 radical (unpaired) electrons. The van der Waals surface area contributed by atoms with Gasteiger partial charge in [-0.05, 0) is 52.2 Å². The summed E-state index contributed by atoms with van der Waals surface area (Å²) >= 11 is 0. The van der Waals surface area contributed by atoms with Crippen molar-refractivity contribution in [2.75, 3.05) is 164 Å². The Morgan fingerprint density at radius 1 is 0.609 bits per heavy atom. The van der Waals surface area contributed by atoms with Gasteiger partial charge in [0, 0.05) is 33.0 Å². The van der Waals surface area contributed by atoms with Crippen molar-refractivity contribution in [2.45, 2.75) is 70.9 Å². The van der Waals surface area contributed by atoms with Gasteiger partial charge in [0.05, 0.1) is 156 Å². The molecule has 1 aromatic carbocycles. The number of benzene rings is 1. The highest BCUT2D eigenvalue weighted by Crippen LogP contribution is 2.32. The number of fused-ring (bicyclic) bond motifs is 1. The van der Waals surface area contributed by atoms with Crippen LogP contribution in [0.4, 0.5) is 10.5 Å². The number of nitrogens with zero attached hydrogens (tertiary/aromatic N) is 2. The highest BCUT2D eigenvalue weighted by atomic mass is 16.6. The zero-order chi connectivity index (χ0) is 50.0. The second kappa shape index (κ2) is 35.8. The van der Waals surface area contributed by atoms with Gasteiger partial charge in [-0.1, -0.05) is 12.5 Å². The second-order valence-corrected chi connectivity index (χ2v) is 16.7. The molecule has 0 spiro atoms. The van der Waals surface area contributed by atoms with E-state index in [9.17, 15) is 28.8 Å². The van der Waals surface area contributed by atoms with Gasteiger partial charge in [0.15, 0.2) is 0 Å². The average molecular weight is 985 g/mol. The highest BCUT2D eigenvalue weighted by Gasteiger charge is 2.45. The third-order valence-electron chi connectivity index (χ3n) is 9.93. The number of anilines is 1. The van der Waals surface area contributed by atoms with Crippen LogP contribution in [0.3, 0.4) is 0 Å². The normalized spacial score (nSPS) is 14.9. The number of hydrogen-bond donors (Lipinski definition) is 2. The molecule has 0 saturated carbocycles. The number of carbonyl (C=O) groups excluding carboxylic acids is 6. The summed E-state index contributed by atoms with van der Waals surface area (Å²) in [5.41, 5.74) is -0.155. The molecule has 2 heterocycles. The van der Waals surface area contributed by atoms with Gasteiger partial charge < -0.3 is 67.1 Å². The lowest BCUT2D eigenvalue weighted by molar-refractivity contribution is -0.136. The van der Waals surface area contributed by atoms with Crippen molar-refractivity contribution in [1.29, 1.82) is 0 Å². The zero-order valence-corrected chi connectivity index (χ0v) is 41.1. The third kappa shape index (κ3) is 26.0. The average Bonchev–Trinajstić information content (AvgIpc) is 3.56. The number of rotatable bonds is 41. The highest BCUT2D eigenvalue weighted by molar-refractivity contribution is 6.26. The maximum Gasteiger partial charge on any atom is 0.410 e. The smallest absolute Gasteiger partial charge is 0.410 e. The summed E-state index contributed by atoms with van der Waals surface area (Å²) in [7, 11) is 1.67. The minimum absolute atomic E-state index is 0.0241. The van der Waals surface area contributed by atoms with Gasteiger partial charge in [0.1, 0.15) is 11.6 Å². The standard InChI is InChI=1S/C47H76N4O18/c1-47(2,3)69-46(57)50(4)14-16-59-18-20-61-22-24-63-26-28-65-30-32-67-34-36-68-35-33-66-31-29-64-27-25-62-23-21-60-19-17-58-15-7-5-6-11-40(52)48-38-10-8-9-37-42(38)45(56)51(44(37)55)39-12-13-41(53)49-43(39)54/h8-10,39H,5-7,11-36H2,1-4H3,(H,48,52)(H,49,53,54). The van der Waals surface area contributed by atoms with Crippen LogP contribution in [-0.2, 0) is 71.2 Å². The van der Waals surface area contributed by atoms with Crippen LogP contribution in [0.2, 0.25) is 0 Å². The molecule has 0 aromatic heterocycles. The van der Waals surface area contributed by atoms with Gasteiger partial charge in [-0.3, -0.25) is 34.2 Å². The number of imide groups is 2. The van der Waals surface area contributed by atoms with Crippen molar-refractivity contribution in [1.82, 2.24) is 15.1 Å². The van der Waals surface area contributed by atoms with Crippen LogP contribution in [0.25, 0.3) is 0 Å². The fraction of sp³-hybridized carbons (Fsp3) is 0.745. The van der Waals surface area contributed by atoms with E-state index in [1.54, 1.807) is 19.2 Å². The Bertz CT molecular complexity index is 1660. The van der Waals surface area contributed by atoms with Gasteiger partial charge >= 0.3 is 6.09 Å². The van der Waals surface area contributed by atoms with E-state index in [2.05, 4.69) is 10.6 Å². The molecule has 0 bridgehead atoms. The first-order valence-corrected chi connectivity index (χ1v) is 23.8. The number of ether oxygens (including phenoxy) is 12. The Morgan fingerprint density at radius 3 is 1.48 bits per heavy atom. The molecular weight excluding hydrogens is 909 g/mol. The summed E-state index contributed by atoms with van der Waals surface area (Å²) in [5, 5.41) is 4.91. The molecule has 69 heavy (non-hydrogen) atoms. The van der Waals surface area contributed by atoms with E-state index in [0.29, 0.717) is 158 Å². The first kappa shape index (κ1) is 59.1. The lowest BCUT2D eigenvalue weighted by Gasteiger charge is -2.27. The molecule has 22 heteroatoms. The quantitative estimate of drug-likeness (QED) is 0.0708. The number of piperidine rings is 1. The third-order valence-corrected chi connectivity index (χ3v) is 9.93. The number of likely N-dealkylation sites (N-methyl/N-ethyl adjacent to an activating group) is 1. The Labute approximate surface area is 405 Å². The molecule has 1 saturated heterocycles. The SMILES string of the molecule is CN(CCOCCOCCOCCOCCOCCOCCOCCOCCOCCOCCOCCCCCC(=O)Nc1cccc2c1C(=O)N(C1CCC(=O)NC1=O)C2=O)C(=O)OC(C)(C)C. The van der Waals surface area contributed by atoms with E-state index in [0.717, 1.165) is 17.7 Å². The largest absolute Gasteiger partial charge is 0.444 e. The van der Waals surface area contributed by atoms with E-state index in [4.69, 9.17) is 56.8 Å². The van der Waals surface area contributed by atoms with Crippen molar-refractivity contribution < 1.29 is 85.6 Å². The number of nitrogens with one attached hydrogen (secondary N) is 2. The Morgan fingerprint density at radius 2 is 1.04 bits per heavy atom. The minimum atomic E-state index is -1.08. The molecule has 2 N–H and O–H groups in total. The second-order valence-electron chi connectivity index (χ2n) is 16.7. The summed E-state index contributed by atoms with van der Waals surface area (Å²) in [6.07, 6.45) is 2.04. The number of amides is 6. The fourth-order valence-corrected chi connectivity index (χ4v) is 6.43. The van der Waals surface area contributed by atoms with Crippen LogP contribution < -0.4 is 10.6 Å². The maximum atomic E-state index is 13.2. The first-order chi connectivity index (χ1) is 33.4. The van der Waals surface area contributed by atoms with Crippen molar-refractivity contribution in [2.24, 2.45) is 0 Å². The van der Waals surface area contributed by atoms with Crippen LogP contribution in [0.1, 0.15) is 80.0 Å². The van der Waals surface area contributed by atoms with Crippen LogP contribution in [0.15, 0.2) is 18.2 Å². The van der Waals surface area contributed by atoms with Crippen LogP contribution >= 0.6 is 0 Å². The molecule has 22 nitrogen and oxygen atoms in total. The lowest BCUT2D eigenvalue weighted by Crippen LogP contribution is -2.54. The summed E-state index contributed by atoms with van der Waals surface area (Å²) in [6.45, 7) is 15.9. The molecule has 392 valence electrons. The van der Waals surface area contributed by atoms with Crippen LogP contribution in [0, 0.1) is 0 Å².